The van der Waals surface area contributed by atoms with Crippen LogP contribution in [0.25, 0.3) is 6.08 Å². The minimum absolute atomic E-state index is 0.0565. The number of ether oxygens (including phenoxy) is 2. The van der Waals surface area contributed by atoms with Crippen LogP contribution in [0, 0.1) is 0 Å². The van der Waals surface area contributed by atoms with E-state index in [0.717, 1.165) is 42.7 Å². The Labute approximate surface area is 194 Å². The first-order valence-corrected chi connectivity index (χ1v) is 11.2. The number of carbonyl (C=O) groups excluding carboxylic acids is 1. The van der Waals surface area contributed by atoms with Crippen molar-refractivity contribution in [2.24, 2.45) is 0 Å². The Bertz CT molecular complexity index is 1080. The third-order valence-corrected chi connectivity index (χ3v) is 5.83. The third kappa shape index (κ3) is 6.02. The lowest BCUT2D eigenvalue weighted by atomic mass is 10.1. The summed E-state index contributed by atoms with van der Waals surface area (Å²) in [7, 11) is 1.61. The highest BCUT2D eigenvalue weighted by atomic mass is 16.5. The molecule has 4 rings (SSSR count). The minimum atomic E-state index is -0.199. The van der Waals surface area contributed by atoms with Gasteiger partial charge >= 0.3 is 0 Å². The number of ketones is 1. The van der Waals surface area contributed by atoms with Crippen molar-refractivity contribution in [2.45, 2.75) is 25.6 Å². The number of benzene rings is 3. The molecule has 0 radical (unpaired) electrons. The number of hydrogen-bond acceptors (Lipinski definition) is 5. The summed E-state index contributed by atoms with van der Waals surface area (Å²) < 4.78 is 11.4. The zero-order valence-electron chi connectivity index (χ0n) is 18.8. The van der Waals surface area contributed by atoms with E-state index < -0.39 is 0 Å². The van der Waals surface area contributed by atoms with Gasteiger partial charge in [-0.15, -0.1) is 0 Å². The molecule has 33 heavy (non-hydrogen) atoms. The highest BCUT2D eigenvalue weighted by Crippen LogP contribution is 2.29. The smallest absolute Gasteiger partial charge is 0.185 e. The molecule has 5 heteroatoms. The van der Waals surface area contributed by atoms with Crippen LogP contribution in [0.4, 0.5) is 5.69 Å². The van der Waals surface area contributed by atoms with Gasteiger partial charge in [0.2, 0.25) is 0 Å². The molecule has 1 fully saturated rings. The standard InChI is InChI=1S/C28H29NO4/c1-32-28-19-21(8-14-27(28)33-20-22-5-3-2-4-6-22)7-13-26(31)23-9-11-24(12-10-23)29-17-15-25(30)16-18-29/h2-14,19,25,30H,15-18,20H2,1H3/b13-7+. The van der Waals surface area contributed by atoms with Gasteiger partial charge in [-0.1, -0.05) is 42.5 Å². The average Bonchev–Trinajstić information content (AvgIpc) is 2.87. The molecular formula is C28H29NO4. The van der Waals surface area contributed by atoms with E-state index >= 15 is 0 Å². The molecule has 0 aliphatic carbocycles. The number of anilines is 1. The van der Waals surface area contributed by atoms with Crippen LogP contribution in [-0.2, 0) is 6.61 Å². The summed E-state index contributed by atoms with van der Waals surface area (Å²) in [5, 5.41) is 9.67. The number of hydrogen-bond donors (Lipinski definition) is 1. The van der Waals surface area contributed by atoms with Gasteiger partial charge in [-0.3, -0.25) is 4.79 Å². The first-order valence-electron chi connectivity index (χ1n) is 11.2. The summed E-state index contributed by atoms with van der Waals surface area (Å²) in [6.07, 6.45) is 4.72. The topological polar surface area (TPSA) is 59.0 Å². The molecule has 1 aliphatic rings. The number of piperidine rings is 1. The molecule has 170 valence electrons. The Balaban J connectivity index is 1.38. The molecule has 0 amide bonds. The van der Waals surface area contributed by atoms with Gasteiger partial charge in [0, 0.05) is 24.3 Å². The van der Waals surface area contributed by atoms with Crippen LogP contribution < -0.4 is 14.4 Å². The first kappa shape index (κ1) is 22.6. The van der Waals surface area contributed by atoms with Crippen molar-refractivity contribution >= 4 is 17.5 Å². The molecule has 3 aromatic rings. The molecule has 1 N–H and O–H groups in total. The fraction of sp³-hybridized carbons (Fsp3) is 0.250. The largest absolute Gasteiger partial charge is 0.493 e. The maximum absolute atomic E-state index is 12.6. The van der Waals surface area contributed by atoms with E-state index in [0.29, 0.717) is 23.7 Å². The Morgan fingerprint density at radius 1 is 1.00 bits per heavy atom. The van der Waals surface area contributed by atoms with E-state index in [1.54, 1.807) is 19.3 Å². The summed E-state index contributed by atoms with van der Waals surface area (Å²) in [6, 6.07) is 23.2. The highest BCUT2D eigenvalue weighted by molar-refractivity contribution is 6.07. The lowest BCUT2D eigenvalue weighted by molar-refractivity contribution is 0.104. The fourth-order valence-corrected chi connectivity index (χ4v) is 3.87. The second-order valence-electron chi connectivity index (χ2n) is 8.15. The summed E-state index contributed by atoms with van der Waals surface area (Å²) in [4.78, 5) is 14.9. The predicted molar refractivity (Wildman–Crippen MR) is 131 cm³/mol. The number of aliphatic hydroxyl groups excluding tert-OH is 1. The molecule has 1 aliphatic heterocycles. The fourth-order valence-electron chi connectivity index (χ4n) is 3.87. The SMILES string of the molecule is COc1cc(/C=C/C(=O)c2ccc(N3CCC(O)CC3)cc2)ccc1OCc1ccccc1. The molecule has 0 aromatic heterocycles. The monoisotopic (exact) mass is 443 g/mol. The van der Waals surface area contributed by atoms with Crippen LogP contribution in [0.5, 0.6) is 11.5 Å². The van der Waals surface area contributed by atoms with Gasteiger partial charge in [-0.05, 0) is 66.4 Å². The number of aliphatic hydroxyl groups is 1. The van der Waals surface area contributed by atoms with Gasteiger partial charge in [0.25, 0.3) is 0 Å². The summed E-state index contributed by atoms with van der Waals surface area (Å²) in [6.45, 7) is 2.13. The van der Waals surface area contributed by atoms with Gasteiger partial charge in [0.15, 0.2) is 17.3 Å². The van der Waals surface area contributed by atoms with E-state index in [9.17, 15) is 9.90 Å². The highest BCUT2D eigenvalue weighted by Gasteiger charge is 2.17. The normalized spacial score (nSPS) is 14.4. The van der Waals surface area contributed by atoms with Crippen LogP contribution in [0.15, 0.2) is 78.9 Å². The number of rotatable bonds is 8. The van der Waals surface area contributed by atoms with E-state index in [-0.39, 0.29) is 11.9 Å². The molecule has 0 saturated carbocycles. The quantitative estimate of drug-likeness (QED) is 0.386. The lowest BCUT2D eigenvalue weighted by Crippen LogP contribution is -2.35. The molecule has 1 saturated heterocycles. The maximum Gasteiger partial charge on any atom is 0.185 e. The predicted octanol–water partition coefficient (Wildman–Crippen LogP) is 5.13. The Morgan fingerprint density at radius 2 is 1.73 bits per heavy atom. The number of allylic oxidation sites excluding steroid dienone is 1. The molecule has 0 unspecified atom stereocenters. The first-order chi connectivity index (χ1) is 16.1. The molecule has 3 aromatic carbocycles. The molecule has 5 nitrogen and oxygen atoms in total. The number of carbonyl (C=O) groups is 1. The van der Waals surface area contributed by atoms with E-state index in [1.807, 2.05) is 72.8 Å². The van der Waals surface area contributed by atoms with E-state index in [2.05, 4.69) is 4.90 Å². The zero-order chi connectivity index (χ0) is 23.0. The number of methoxy groups -OCH3 is 1. The van der Waals surface area contributed by atoms with Crippen molar-refractivity contribution in [3.05, 3.63) is 95.6 Å². The Morgan fingerprint density at radius 3 is 2.42 bits per heavy atom. The lowest BCUT2D eigenvalue weighted by Gasteiger charge is -2.31. The zero-order valence-corrected chi connectivity index (χ0v) is 18.8. The Kier molecular flexibility index (Phi) is 7.43. The van der Waals surface area contributed by atoms with Crippen molar-refractivity contribution in [2.75, 3.05) is 25.1 Å². The summed E-state index contributed by atoms with van der Waals surface area (Å²) in [5.74, 6) is 1.22. The summed E-state index contributed by atoms with van der Waals surface area (Å²) in [5.41, 5.74) is 3.66. The van der Waals surface area contributed by atoms with Crippen LogP contribution in [0.2, 0.25) is 0 Å². The van der Waals surface area contributed by atoms with Crippen molar-refractivity contribution in [3.63, 3.8) is 0 Å². The molecule has 1 heterocycles. The van der Waals surface area contributed by atoms with Crippen LogP contribution in [0.3, 0.4) is 0 Å². The van der Waals surface area contributed by atoms with Crippen molar-refractivity contribution < 1.29 is 19.4 Å². The van der Waals surface area contributed by atoms with Crippen LogP contribution in [-0.4, -0.2) is 37.2 Å². The van der Waals surface area contributed by atoms with Gasteiger partial charge in [0.05, 0.1) is 13.2 Å². The third-order valence-electron chi connectivity index (χ3n) is 5.83. The van der Waals surface area contributed by atoms with Crippen molar-refractivity contribution in [1.29, 1.82) is 0 Å². The van der Waals surface area contributed by atoms with Gasteiger partial charge in [-0.2, -0.15) is 0 Å². The van der Waals surface area contributed by atoms with Gasteiger partial charge < -0.3 is 19.5 Å². The summed E-state index contributed by atoms with van der Waals surface area (Å²) >= 11 is 0. The van der Waals surface area contributed by atoms with E-state index in [1.165, 1.54) is 0 Å². The van der Waals surface area contributed by atoms with Crippen molar-refractivity contribution in [1.82, 2.24) is 0 Å². The van der Waals surface area contributed by atoms with E-state index in [4.69, 9.17) is 9.47 Å². The molecular weight excluding hydrogens is 414 g/mol. The van der Waals surface area contributed by atoms with Crippen LogP contribution in [0.1, 0.15) is 34.3 Å². The van der Waals surface area contributed by atoms with Gasteiger partial charge in [-0.25, -0.2) is 0 Å². The Hall–Kier alpha value is -3.57. The maximum atomic E-state index is 12.6. The number of nitrogens with zero attached hydrogens (tertiary/aromatic N) is 1. The van der Waals surface area contributed by atoms with Crippen molar-refractivity contribution in [3.8, 4) is 11.5 Å². The molecule has 0 spiro atoms. The second-order valence-corrected chi connectivity index (χ2v) is 8.15. The molecule has 0 atom stereocenters. The minimum Gasteiger partial charge on any atom is -0.493 e. The van der Waals surface area contributed by atoms with Crippen LogP contribution >= 0.6 is 0 Å². The second kappa shape index (κ2) is 10.8. The average molecular weight is 444 g/mol. The van der Waals surface area contributed by atoms with Gasteiger partial charge in [0.1, 0.15) is 6.61 Å². The molecule has 0 bridgehead atoms.